The highest BCUT2D eigenvalue weighted by Gasteiger charge is 2.05. The van der Waals surface area contributed by atoms with Crippen molar-refractivity contribution in [3.05, 3.63) is 83.9 Å². The van der Waals surface area contributed by atoms with E-state index in [-0.39, 0.29) is 12.4 Å². The first kappa shape index (κ1) is 19.8. The predicted molar refractivity (Wildman–Crippen MR) is 109 cm³/mol. The van der Waals surface area contributed by atoms with Crippen LogP contribution in [0.1, 0.15) is 11.1 Å². The van der Waals surface area contributed by atoms with Crippen LogP contribution in [-0.4, -0.2) is 13.2 Å². The molecule has 0 aromatic heterocycles. The van der Waals surface area contributed by atoms with E-state index in [0.29, 0.717) is 19.8 Å². The van der Waals surface area contributed by atoms with Crippen LogP contribution < -0.4 is 15.2 Å². The lowest BCUT2D eigenvalue weighted by Gasteiger charge is -2.11. The first-order valence-electron chi connectivity index (χ1n) is 8.47. The number of aryl methyl sites for hydroxylation is 1. The number of benzene rings is 3. The van der Waals surface area contributed by atoms with Gasteiger partial charge >= 0.3 is 0 Å². The summed E-state index contributed by atoms with van der Waals surface area (Å²) >= 11 is 0. The van der Waals surface area contributed by atoms with Gasteiger partial charge in [-0.1, -0.05) is 48.5 Å². The molecule has 0 bridgehead atoms. The summed E-state index contributed by atoms with van der Waals surface area (Å²) in [4.78, 5) is 0. The average molecular weight is 370 g/mol. The average Bonchev–Trinajstić information content (AvgIpc) is 2.66. The maximum atomic E-state index is 5.92. The molecule has 26 heavy (non-hydrogen) atoms. The molecule has 136 valence electrons. The number of nitrogens with two attached hydrogens (primary N) is 1. The predicted octanol–water partition coefficient (Wildman–Crippen LogP) is 5.00. The summed E-state index contributed by atoms with van der Waals surface area (Å²) in [6.45, 7) is 3.66. The minimum atomic E-state index is 0. The van der Waals surface area contributed by atoms with Gasteiger partial charge in [-0.25, -0.2) is 0 Å². The zero-order chi connectivity index (χ0) is 17.5. The summed E-state index contributed by atoms with van der Waals surface area (Å²) in [6.07, 6.45) is 0. The molecule has 0 atom stereocenters. The fourth-order valence-electron chi connectivity index (χ4n) is 2.67. The van der Waals surface area contributed by atoms with Gasteiger partial charge in [0.15, 0.2) is 0 Å². The molecule has 3 rings (SSSR count). The minimum Gasteiger partial charge on any atom is -0.492 e. The molecule has 3 nitrogen and oxygen atoms in total. The Kier molecular flexibility index (Phi) is 7.52. The molecule has 0 saturated heterocycles. The molecule has 0 unspecified atom stereocenters. The van der Waals surface area contributed by atoms with Crippen LogP contribution >= 0.6 is 12.4 Å². The number of hydrogen-bond acceptors (Lipinski definition) is 3. The van der Waals surface area contributed by atoms with Crippen molar-refractivity contribution in [2.45, 2.75) is 13.5 Å². The molecule has 0 aliphatic carbocycles. The lowest BCUT2D eigenvalue weighted by Crippen LogP contribution is -2.11. The Morgan fingerprint density at radius 1 is 0.808 bits per heavy atom. The molecule has 3 aromatic carbocycles. The molecule has 0 spiro atoms. The van der Waals surface area contributed by atoms with Crippen molar-refractivity contribution in [3.63, 3.8) is 0 Å². The van der Waals surface area contributed by atoms with Crippen LogP contribution in [-0.2, 0) is 6.61 Å². The highest BCUT2D eigenvalue weighted by atomic mass is 35.5. The minimum absolute atomic E-state index is 0. The number of halogens is 1. The molecule has 0 fully saturated rings. The van der Waals surface area contributed by atoms with Crippen molar-refractivity contribution in [1.29, 1.82) is 0 Å². The summed E-state index contributed by atoms with van der Waals surface area (Å²) in [5, 5.41) is 0. The smallest absolute Gasteiger partial charge is 0.122 e. The maximum absolute atomic E-state index is 5.92. The van der Waals surface area contributed by atoms with Gasteiger partial charge in [0.2, 0.25) is 0 Å². The van der Waals surface area contributed by atoms with Gasteiger partial charge in [0.1, 0.15) is 24.7 Å². The van der Waals surface area contributed by atoms with Gasteiger partial charge in [-0.05, 0) is 53.4 Å². The van der Waals surface area contributed by atoms with Crippen LogP contribution in [0.2, 0.25) is 0 Å². The Balaban J connectivity index is 0.00000243. The van der Waals surface area contributed by atoms with E-state index in [2.05, 4.69) is 36.4 Å². The zero-order valence-corrected chi connectivity index (χ0v) is 15.7. The van der Waals surface area contributed by atoms with Crippen molar-refractivity contribution in [2.24, 2.45) is 5.73 Å². The van der Waals surface area contributed by atoms with E-state index in [1.54, 1.807) is 0 Å². The summed E-state index contributed by atoms with van der Waals surface area (Å²) < 4.78 is 11.6. The zero-order valence-electron chi connectivity index (χ0n) is 14.9. The summed E-state index contributed by atoms with van der Waals surface area (Å²) in [5.74, 6) is 1.74. The second kappa shape index (κ2) is 9.85. The lowest BCUT2D eigenvalue weighted by molar-refractivity contribution is 0.306. The van der Waals surface area contributed by atoms with Crippen LogP contribution in [0.15, 0.2) is 72.8 Å². The van der Waals surface area contributed by atoms with Gasteiger partial charge in [0.25, 0.3) is 0 Å². The summed E-state index contributed by atoms with van der Waals surface area (Å²) in [6, 6.07) is 24.5. The lowest BCUT2D eigenvalue weighted by atomic mass is 10.0. The third kappa shape index (κ3) is 5.25. The van der Waals surface area contributed by atoms with Gasteiger partial charge < -0.3 is 15.2 Å². The van der Waals surface area contributed by atoms with Crippen molar-refractivity contribution < 1.29 is 9.47 Å². The first-order chi connectivity index (χ1) is 12.3. The van der Waals surface area contributed by atoms with E-state index in [9.17, 15) is 0 Å². The highest BCUT2D eigenvalue weighted by Crippen LogP contribution is 2.28. The van der Waals surface area contributed by atoms with E-state index >= 15 is 0 Å². The van der Waals surface area contributed by atoms with E-state index in [0.717, 1.165) is 33.8 Å². The van der Waals surface area contributed by atoms with Crippen LogP contribution in [0.5, 0.6) is 11.5 Å². The van der Waals surface area contributed by atoms with E-state index in [1.165, 1.54) is 0 Å². The van der Waals surface area contributed by atoms with Gasteiger partial charge in [-0.15, -0.1) is 12.4 Å². The quantitative estimate of drug-likeness (QED) is 0.637. The molecule has 0 amide bonds. The second-order valence-electron chi connectivity index (χ2n) is 5.92. The molecule has 0 aliphatic heterocycles. The standard InChI is InChI=1S/C22H23NO2.ClH/c1-17-14-20(10-11-22(17)24-13-12-23)19-8-5-9-21(15-19)25-16-18-6-3-2-4-7-18;/h2-11,14-15H,12-13,16,23H2,1H3;1H. The Bertz CT molecular complexity index is 821. The Morgan fingerprint density at radius 2 is 1.58 bits per heavy atom. The molecule has 4 heteroatoms. The highest BCUT2D eigenvalue weighted by molar-refractivity contribution is 5.85. The first-order valence-corrected chi connectivity index (χ1v) is 8.47. The van der Waals surface area contributed by atoms with E-state index in [1.807, 2.05) is 43.3 Å². The largest absolute Gasteiger partial charge is 0.492 e. The summed E-state index contributed by atoms with van der Waals surface area (Å²) in [7, 11) is 0. The normalized spacial score (nSPS) is 10.1. The number of hydrogen-bond donors (Lipinski definition) is 1. The summed E-state index contributed by atoms with van der Waals surface area (Å²) in [5.41, 5.74) is 10.0. The van der Waals surface area contributed by atoms with Crippen molar-refractivity contribution in [1.82, 2.24) is 0 Å². The van der Waals surface area contributed by atoms with Gasteiger partial charge in [0.05, 0.1) is 0 Å². The third-order valence-electron chi connectivity index (χ3n) is 3.97. The molecule has 2 N–H and O–H groups in total. The topological polar surface area (TPSA) is 44.5 Å². The fraction of sp³-hybridized carbons (Fsp3) is 0.182. The van der Waals surface area contributed by atoms with E-state index < -0.39 is 0 Å². The molecule has 3 aromatic rings. The van der Waals surface area contributed by atoms with Crippen molar-refractivity contribution in [2.75, 3.05) is 13.2 Å². The second-order valence-corrected chi connectivity index (χ2v) is 5.92. The van der Waals surface area contributed by atoms with Crippen LogP contribution in [0.4, 0.5) is 0 Å². The molecule has 0 heterocycles. The van der Waals surface area contributed by atoms with Gasteiger partial charge in [-0.3, -0.25) is 0 Å². The molecule has 0 radical (unpaired) electrons. The third-order valence-corrected chi connectivity index (χ3v) is 3.97. The van der Waals surface area contributed by atoms with Gasteiger partial charge in [-0.2, -0.15) is 0 Å². The van der Waals surface area contributed by atoms with Crippen LogP contribution in [0.25, 0.3) is 11.1 Å². The number of ether oxygens (including phenoxy) is 2. The molecular formula is C22H24ClNO2. The van der Waals surface area contributed by atoms with Crippen LogP contribution in [0, 0.1) is 6.92 Å². The van der Waals surface area contributed by atoms with Gasteiger partial charge in [0, 0.05) is 6.54 Å². The molecular weight excluding hydrogens is 346 g/mol. The van der Waals surface area contributed by atoms with Crippen molar-refractivity contribution >= 4 is 12.4 Å². The Labute approximate surface area is 161 Å². The Morgan fingerprint density at radius 3 is 2.31 bits per heavy atom. The SMILES string of the molecule is Cc1cc(-c2cccc(OCc3ccccc3)c2)ccc1OCCN.Cl. The molecule has 0 saturated carbocycles. The molecule has 0 aliphatic rings. The Hall–Kier alpha value is -2.49. The maximum Gasteiger partial charge on any atom is 0.122 e. The van der Waals surface area contributed by atoms with E-state index in [4.69, 9.17) is 15.2 Å². The number of rotatable bonds is 7. The van der Waals surface area contributed by atoms with Crippen LogP contribution in [0.3, 0.4) is 0 Å². The fourth-order valence-corrected chi connectivity index (χ4v) is 2.67. The monoisotopic (exact) mass is 369 g/mol. The van der Waals surface area contributed by atoms with Crippen molar-refractivity contribution in [3.8, 4) is 22.6 Å².